The standard InChI is InChI=1S/C18H14N4S/c1-22-17(13-6-3-2-4-7-13)20-21-18(22)15-10-14(11-19-12-15)16-8-5-9-23-16/h2-12H,1H3. The molecule has 0 fully saturated rings. The van der Waals surface area contributed by atoms with Crippen LogP contribution in [0.4, 0.5) is 0 Å². The zero-order valence-electron chi connectivity index (χ0n) is 12.5. The summed E-state index contributed by atoms with van der Waals surface area (Å²) in [6, 6.07) is 16.3. The SMILES string of the molecule is Cn1c(-c2ccccc2)nnc1-c1cncc(-c2cccs2)c1. The van der Waals surface area contributed by atoms with E-state index in [-0.39, 0.29) is 0 Å². The lowest BCUT2D eigenvalue weighted by Crippen LogP contribution is -1.96. The van der Waals surface area contributed by atoms with E-state index >= 15 is 0 Å². The molecule has 4 aromatic rings. The largest absolute Gasteiger partial charge is 0.310 e. The van der Waals surface area contributed by atoms with Crippen molar-refractivity contribution < 1.29 is 0 Å². The van der Waals surface area contributed by atoms with Gasteiger partial charge in [-0.3, -0.25) is 4.98 Å². The molecule has 23 heavy (non-hydrogen) atoms. The van der Waals surface area contributed by atoms with E-state index < -0.39 is 0 Å². The van der Waals surface area contributed by atoms with Crippen LogP contribution < -0.4 is 0 Å². The maximum absolute atomic E-state index is 4.37. The van der Waals surface area contributed by atoms with Crippen LogP contribution in [0.25, 0.3) is 33.2 Å². The first-order valence-electron chi connectivity index (χ1n) is 7.27. The van der Waals surface area contributed by atoms with E-state index in [0.29, 0.717) is 0 Å². The zero-order chi connectivity index (χ0) is 15.6. The van der Waals surface area contributed by atoms with Gasteiger partial charge >= 0.3 is 0 Å². The Morgan fingerprint density at radius 2 is 1.57 bits per heavy atom. The van der Waals surface area contributed by atoms with Crippen LogP contribution in [0, 0.1) is 0 Å². The molecule has 3 heterocycles. The van der Waals surface area contributed by atoms with E-state index in [0.717, 1.165) is 28.3 Å². The number of hydrogen-bond acceptors (Lipinski definition) is 4. The third-order valence-electron chi connectivity index (χ3n) is 3.71. The first-order chi connectivity index (χ1) is 11.3. The lowest BCUT2D eigenvalue weighted by molar-refractivity contribution is 0.929. The zero-order valence-corrected chi connectivity index (χ0v) is 13.4. The van der Waals surface area contributed by atoms with E-state index in [9.17, 15) is 0 Å². The molecule has 0 atom stereocenters. The second-order valence-electron chi connectivity index (χ2n) is 5.21. The molecule has 4 nitrogen and oxygen atoms in total. The molecule has 0 spiro atoms. The molecule has 112 valence electrons. The Morgan fingerprint density at radius 3 is 2.30 bits per heavy atom. The summed E-state index contributed by atoms with van der Waals surface area (Å²) in [6.07, 6.45) is 3.71. The van der Waals surface area contributed by atoms with Crippen molar-refractivity contribution >= 4 is 11.3 Å². The van der Waals surface area contributed by atoms with Gasteiger partial charge < -0.3 is 4.57 Å². The van der Waals surface area contributed by atoms with Crippen LogP contribution in [0.15, 0.2) is 66.3 Å². The van der Waals surface area contributed by atoms with E-state index in [2.05, 4.69) is 32.7 Å². The summed E-state index contributed by atoms with van der Waals surface area (Å²) in [5.41, 5.74) is 3.12. The molecule has 0 N–H and O–H groups in total. The molecule has 0 saturated carbocycles. The van der Waals surface area contributed by atoms with Crippen molar-refractivity contribution in [2.45, 2.75) is 0 Å². The van der Waals surface area contributed by atoms with Gasteiger partial charge in [-0.05, 0) is 17.5 Å². The predicted octanol–water partition coefficient (Wildman–Crippen LogP) is 4.27. The second-order valence-corrected chi connectivity index (χ2v) is 6.16. The summed E-state index contributed by atoms with van der Waals surface area (Å²) < 4.78 is 2.00. The molecular formula is C18H14N4S. The number of aromatic nitrogens is 4. The molecule has 0 bridgehead atoms. The third kappa shape index (κ3) is 2.55. The number of pyridine rings is 1. The molecule has 0 aliphatic rings. The molecule has 0 radical (unpaired) electrons. The lowest BCUT2D eigenvalue weighted by atomic mass is 10.1. The quantitative estimate of drug-likeness (QED) is 0.566. The van der Waals surface area contributed by atoms with Crippen molar-refractivity contribution in [1.29, 1.82) is 0 Å². The first-order valence-corrected chi connectivity index (χ1v) is 8.15. The van der Waals surface area contributed by atoms with Gasteiger partial charge in [-0.25, -0.2) is 0 Å². The molecular weight excluding hydrogens is 304 g/mol. The average Bonchev–Trinajstić information content (AvgIpc) is 3.26. The van der Waals surface area contributed by atoms with E-state index in [1.807, 2.05) is 60.4 Å². The monoisotopic (exact) mass is 318 g/mol. The lowest BCUT2D eigenvalue weighted by Gasteiger charge is -2.05. The minimum absolute atomic E-state index is 0.815. The first kappa shape index (κ1) is 13.8. The van der Waals surface area contributed by atoms with Gasteiger partial charge in [-0.1, -0.05) is 36.4 Å². The van der Waals surface area contributed by atoms with Gasteiger partial charge in [0.05, 0.1) is 0 Å². The Balaban J connectivity index is 1.78. The molecule has 5 heteroatoms. The second kappa shape index (κ2) is 5.78. The minimum Gasteiger partial charge on any atom is -0.310 e. The van der Waals surface area contributed by atoms with Gasteiger partial charge in [0.15, 0.2) is 11.6 Å². The highest BCUT2D eigenvalue weighted by molar-refractivity contribution is 7.13. The average molecular weight is 318 g/mol. The van der Waals surface area contributed by atoms with Gasteiger partial charge in [0, 0.05) is 41.0 Å². The fraction of sp³-hybridized carbons (Fsp3) is 0.0556. The maximum atomic E-state index is 4.37. The molecule has 3 aromatic heterocycles. The highest BCUT2D eigenvalue weighted by atomic mass is 32.1. The number of hydrogen-bond donors (Lipinski definition) is 0. The fourth-order valence-corrected chi connectivity index (χ4v) is 3.27. The number of rotatable bonds is 3. The molecule has 0 aliphatic carbocycles. The van der Waals surface area contributed by atoms with Crippen LogP contribution in [-0.2, 0) is 7.05 Å². The van der Waals surface area contributed by atoms with E-state index in [1.54, 1.807) is 11.3 Å². The van der Waals surface area contributed by atoms with Crippen molar-refractivity contribution in [2.75, 3.05) is 0 Å². The van der Waals surface area contributed by atoms with Gasteiger partial charge in [-0.15, -0.1) is 21.5 Å². The molecule has 0 aliphatic heterocycles. The van der Waals surface area contributed by atoms with Crippen LogP contribution in [0.2, 0.25) is 0 Å². The molecule has 4 rings (SSSR count). The third-order valence-corrected chi connectivity index (χ3v) is 4.63. The van der Waals surface area contributed by atoms with Gasteiger partial charge in [0.1, 0.15) is 0 Å². The Bertz CT molecular complexity index is 927. The van der Waals surface area contributed by atoms with Crippen molar-refractivity contribution in [1.82, 2.24) is 19.7 Å². The molecule has 0 unspecified atom stereocenters. The molecule has 1 aromatic carbocycles. The highest BCUT2D eigenvalue weighted by Gasteiger charge is 2.13. The topological polar surface area (TPSA) is 43.6 Å². The number of thiophene rings is 1. The molecule has 0 amide bonds. The van der Waals surface area contributed by atoms with Crippen LogP contribution in [-0.4, -0.2) is 19.7 Å². The van der Waals surface area contributed by atoms with Crippen molar-refractivity contribution in [3.05, 3.63) is 66.3 Å². The van der Waals surface area contributed by atoms with Gasteiger partial charge in [-0.2, -0.15) is 0 Å². The van der Waals surface area contributed by atoms with Crippen LogP contribution in [0.3, 0.4) is 0 Å². The van der Waals surface area contributed by atoms with E-state index in [1.165, 1.54) is 4.88 Å². The predicted molar refractivity (Wildman–Crippen MR) is 93.0 cm³/mol. The summed E-state index contributed by atoms with van der Waals surface area (Å²) in [5.74, 6) is 1.66. The Kier molecular flexibility index (Phi) is 3.48. The number of benzene rings is 1. The smallest absolute Gasteiger partial charge is 0.165 e. The van der Waals surface area contributed by atoms with Gasteiger partial charge in [0.2, 0.25) is 0 Å². The van der Waals surface area contributed by atoms with Crippen molar-refractivity contribution in [2.24, 2.45) is 7.05 Å². The summed E-state index contributed by atoms with van der Waals surface area (Å²) in [7, 11) is 1.98. The van der Waals surface area contributed by atoms with Crippen LogP contribution in [0.1, 0.15) is 0 Å². The normalized spacial score (nSPS) is 10.8. The summed E-state index contributed by atoms with van der Waals surface area (Å²) in [5, 5.41) is 10.8. The summed E-state index contributed by atoms with van der Waals surface area (Å²) in [4.78, 5) is 5.56. The summed E-state index contributed by atoms with van der Waals surface area (Å²) in [6.45, 7) is 0. The molecule has 0 saturated heterocycles. The van der Waals surface area contributed by atoms with Crippen LogP contribution in [0.5, 0.6) is 0 Å². The maximum Gasteiger partial charge on any atom is 0.165 e. The highest BCUT2D eigenvalue weighted by Crippen LogP contribution is 2.28. The Morgan fingerprint density at radius 1 is 0.826 bits per heavy atom. The minimum atomic E-state index is 0.815. The van der Waals surface area contributed by atoms with Gasteiger partial charge in [0.25, 0.3) is 0 Å². The summed E-state index contributed by atoms with van der Waals surface area (Å²) >= 11 is 1.70. The Labute approximate surface area is 138 Å². The van der Waals surface area contributed by atoms with Crippen LogP contribution >= 0.6 is 11.3 Å². The van der Waals surface area contributed by atoms with Crippen molar-refractivity contribution in [3.8, 4) is 33.2 Å². The fourth-order valence-electron chi connectivity index (χ4n) is 2.56. The van der Waals surface area contributed by atoms with E-state index in [4.69, 9.17) is 0 Å². The van der Waals surface area contributed by atoms with Crippen molar-refractivity contribution in [3.63, 3.8) is 0 Å². The number of nitrogens with zero attached hydrogens (tertiary/aromatic N) is 4. The Hall–Kier alpha value is -2.79.